The number of rotatable bonds is 6. The first-order valence-corrected chi connectivity index (χ1v) is 11.2. The summed E-state index contributed by atoms with van der Waals surface area (Å²) in [5.74, 6) is -0.314. The molecule has 2 amide bonds. The Morgan fingerprint density at radius 2 is 1.89 bits per heavy atom. The first-order valence-electron chi connectivity index (χ1n) is 9.62. The second-order valence-electron chi connectivity index (χ2n) is 7.15. The van der Waals surface area contributed by atoms with E-state index in [1.54, 1.807) is 24.3 Å². The molecular weight excluding hydrogens is 366 g/mol. The third-order valence-electron chi connectivity index (χ3n) is 5.10. The van der Waals surface area contributed by atoms with Gasteiger partial charge in [0.2, 0.25) is 15.9 Å². The third-order valence-corrected chi connectivity index (χ3v) is 7.17. The molecule has 1 aromatic carbocycles. The van der Waals surface area contributed by atoms with Crippen molar-refractivity contribution in [3.8, 4) is 0 Å². The van der Waals surface area contributed by atoms with Gasteiger partial charge in [0.1, 0.15) is 6.04 Å². The van der Waals surface area contributed by atoms with Crippen molar-refractivity contribution in [2.45, 2.75) is 45.1 Å². The number of hydrogen-bond acceptors (Lipinski definition) is 4. The predicted octanol–water partition coefficient (Wildman–Crippen LogP) is 2.07. The van der Waals surface area contributed by atoms with E-state index in [-0.39, 0.29) is 17.6 Å². The fraction of sp³-hybridized carbons (Fsp3) is 0.579. The zero-order valence-electron chi connectivity index (χ0n) is 15.7. The summed E-state index contributed by atoms with van der Waals surface area (Å²) in [5.41, 5.74) is 1.06. The maximum atomic E-state index is 12.7. The van der Waals surface area contributed by atoms with Gasteiger partial charge in [-0.25, -0.2) is 8.42 Å². The third kappa shape index (κ3) is 4.50. The van der Waals surface area contributed by atoms with Crippen molar-refractivity contribution < 1.29 is 18.0 Å². The van der Waals surface area contributed by atoms with Crippen LogP contribution in [0.5, 0.6) is 0 Å². The maximum absolute atomic E-state index is 12.7. The molecular formula is C19H27N3O4S. The first kappa shape index (κ1) is 19.8. The molecule has 0 radical (unpaired) electrons. The van der Waals surface area contributed by atoms with Crippen molar-refractivity contribution >= 4 is 27.5 Å². The summed E-state index contributed by atoms with van der Waals surface area (Å²) < 4.78 is 26.1. The summed E-state index contributed by atoms with van der Waals surface area (Å²) in [6.45, 7) is 3.73. The number of nitrogens with zero attached hydrogens (tertiary/aromatic N) is 2. The molecule has 148 valence electrons. The summed E-state index contributed by atoms with van der Waals surface area (Å²) in [6.07, 6.45) is 3.75. The minimum atomic E-state index is -3.42. The number of carbonyl (C=O) groups excluding carboxylic acids is 2. The molecule has 2 aliphatic rings. The highest BCUT2D eigenvalue weighted by atomic mass is 32.2. The monoisotopic (exact) mass is 393 g/mol. The van der Waals surface area contributed by atoms with Gasteiger partial charge in [0.05, 0.1) is 5.75 Å². The standard InChI is InChI=1S/C19H27N3O4S/c1-2-13-27(25,26)22-12-6-9-17(22)18(23)20-16-8-5-7-15(14-16)19(24)21-10-3-4-11-21/h5,7-8,14,17H,2-4,6,9-13H2,1H3,(H,20,23). The summed E-state index contributed by atoms with van der Waals surface area (Å²) in [6, 6.07) is 6.18. The van der Waals surface area contributed by atoms with Gasteiger partial charge < -0.3 is 10.2 Å². The van der Waals surface area contributed by atoms with Gasteiger partial charge in [-0.2, -0.15) is 4.31 Å². The van der Waals surface area contributed by atoms with Crippen LogP contribution in [0.25, 0.3) is 0 Å². The molecule has 8 heteroatoms. The SMILES string of the molecule is CCCS(=O)(=O)N1CCCC1C(=O)Nc1cccc(C(=O)N2CCCC2)c1. The minimum Gasteiger partial charge on any atom is -0.339 e. The fourth-order valence-corrected chi connectivity index (χ4v) is 5.52. The van der Waals surface area contributed by atoms with E-state index in [2.05, 4.69) is 5.32 Å². The Hall–Kier alpha value is -1.93. The molecule has 0 aliphatic carbocycles. The smallest absolute Gasteiger partial charge is 0.253 e. The van der Waals surface area contributed by atoms with Gasteiger partial charge in [0, 0.05) is 30.9 Å². The van der Waals surface area contributed by atoms with Crippen molar-refractivity contribution in [1.82, 2.24) is 9.21 Å². The van der Waals surface area contributed by atoms with Crippen LogP contribution in [0.2, 0.25) is 0 Å². The average molecular weight is 394 g/mol. The molecule has 3 rings (SSSR count). The van der Waals surface area contributed by atoms with Gasteiger partial charge in [0.15, 0.2) is 0 Å². The van der Waals surface area contributed by atoms with Crippen molar-refractivity contribution in [3.05, 3.63) is 29.8 Å². The molecule has 27 heavy (non-hydrogen) atoms. The number of nitrogens with one attached hydrogen (secondary N) is 1. The van der Waals surface area contributed by atoms with Crippen molar-refractivity contribution in [2.24, 2.45) is 0 Å². The van der Waals surface area contributed by atoms with E-state index in [0.29, 0.717) is 37.1 Å². The van der Waals surface area contributed by atoms with Gasteiger partial charge >= 0.3 is 0 Å². The zero-order chi connectivity index (χ0) is 19.4. The maximum Gasteiger partial charge on any atom is 0.253 e. The van der Waals surface area contributed by atoms with Crippen LogP contribution in [0.4, 0.5) is 5.69 Å². The zero-order valence-corrected chi connectivity index (χ0v) is 16.5. The topological polar surface area (TPSA) is 86.8 Å². The molecule has 0 bridgehead atoms. The van der Waals surface area contributed by atoms with Crippen LogP contribution >= 0.6 is 0 Å². The van der Waals surface area contributed by atoms with Gasteiger partial charge in [0.25, 0.3) is 5.91 Å². The second-order valence-corrected chi connectivity index (χ2v) is 9.20. The second kappa shape index (κ2) is 8.39. The number of sulfonamides is 1. The lowest BCUT2D eigenvalue weighted by Gasteiger charge is -2.23. The van der Waals surface area contributed by atoms with E-state index in [0.717, 1.165) is 25.9 Å². The molecule has 2 aliphatic heterocycles. The van der Waals surface area contributed by atoms with E-state index < -0.39 is 16.1 Å². The van der Waals surface area contributed by atoms with Crippen molar-refractivity contribution in [1.29, 1.82) is 0 Å². The van der Waals surface area contributed by atoms with Gasteiger partial charge in [-0.1, -0.05) is 13.0 Å². The highest BCUT2D eigenvalue weighted by Crippen LogP contribution is 2.24. The van der Waals surface area contributed by atoms with E-state index in [1.165, 1.54) is 4.31 Å². The quantitative estimate of drug-likeness (QED) is 0.801. The Bertz CT molecular complexity index is 803. The van der Waals surface area contributed by atoms with Gasteiger partial charge in [-0.15, -0.1) is 0 Å². The Morgan fingerprint density at radius 3 is 2.59 bits per heavy atom. The summed E-state index contributed by atoms with van der Waals surface area (Å²) in [4.78, 5) is 27.0. The number of carbonyl (C=O) groups is 2. The molecule has 0 aromatic heterocycles. The summed E-state index contributed by atoms with van der Waals surface area (Å²) in [5, 5.41) is 2.80. The first-order chi connectivity index (χ1) is 12.9. The minimum absolute atomic E-state index is 0.0309. The van der Waals surface area contributed by atoms with Crippen LogP contribution in [0.3, 0.4) is 0 Å². The molecule has 0 saturated carbocycles. The molecule has 7 nitrogen and oxygen atoms in total. The molecule has 1 aromatic rings. The molecule has 1 atom stereocenters. The van der Waals surface area contributed by atoms with Crippen LogP contribution in [0.1, 0.15) is 49.4 Å². The lowest BCUT2D eigenvalue weighted by molar-refractivity contribution is -0.119. The van der Waals surface area contributed by atoms with Crippen LogP contribution < -0.4 is 5.32 Å². The van der Waals surface area contributed by atoms with Crippen LogP contribution in [0, 0.1) is 0 Å². The van der Waals surface area contributed by atoms with Crippen LogP contribution in [-0.2, 0) is 14.8 Å². The molecule has 2 fully saturated rings. The van der Waals surface area contributed by atoms with E-state index in [4.69, 9.17) is 0 Å². The van der Waals surface area contributed by atoms with Crippen molar-refractivity contribution in [2.75, 3.05) is 30.7 Å². The summed E-state index contributed by atoms with van der Waals surface area (Å²) in [7, 11) is -3.42. The van der Waals surface area contributed by atoms with Crippen LogP contribution in [-0.4, -0.2) is 60.9 Å². The van der Waals surface area contributed by atoms with Crippen molar-refractivity contribution in [3.63, 3.8) is 0 Å². The largest absolute Gasteiger partial charge is 0.339 e. The normalized spacial score (nSPS) is 20.8. The van der Waals surface area contributed by atoms with Crippen LogP contribution in [0.15, 0.2) is 24.3 Å². The highest BCUT2D eigenvalue weighted by Gasteiger charge is 2.38. The van der Waals surface area contributed by atoms with Gasteiger partial charge in [-0.05, 0) is 50.3 Å². The molecule has 1 N–H and O–H groups in total. The average Bonchev–Trinajstić information content (AvgIpc) is 3.33. The molecule has 2 heterocycles. The lowest BCUT2D eigenvalue weighted by Crippen LogP contribution is -2.44. The molecule has 1 unspecified atom stereocenters. The Kier molecular flexibility index (Phi) is 6.16. The lowest BCUT2D eigenvalue weighted by atomic mass is 10.1. The fourth-order valence-electron chi connectivity index (χ4n) is 3.77. The number of amides is 2. The Balaban J connectivity index is 1.70. The Labute approximate surface area is 160 Å². The molecule has 2 saturated heterocycles. The van der Waals surface area contributed by atoms with E-state index in [9.17, 15) is 18.0 Å². The number of anilines is 1. The van der Waals surface area contributed by atoms with Gasteiger partial charge in [-0.3, -0.25) is 9.59 Å². The van der Waals surface area contributed by atoms with E-state index >= 15 is 0 Å². The molecule has 0 spiro atoms. The number of hydrogen-bond donors (Lipinski definition) is 1. The van der Waals surface area contributed by atoms with E-state index in [1.807, 2.05) is 11.8 Å². The Morgan fingerprint density at radius 1 is 1.15 bits per heavy atom. The number of likely N-dealkylation sites (tertiary alicyclic amines) is 1. The highest BCUT2D eigenvalue weighted by molar-refractivity contribution is 7.89. The summed E-state index contributed by atoms with van der Waals surface area (Å²) >= 11 is 0. The number of benzene rings is 1. The predicted molar refractivity (Wildman–Crippen MR) is 104 cm³/mol.